The molecule has 0 fully saturated rings. The lowest BCUT2D eigenvalue weighted by Gasteiger charge is -2.16. The Labute approximate surface area is 144 Å². The van der Waals surface area contributed by atoms with Crippen LogP contribution in [0.4, 0.5) is 4.39 Å². The van der Waals surface area contributed by atoms with Crippen LogP contribution in [-0.4, -0.2) is 31.7 Å². The zero-order chi connectivity index (χ0) is 17.4. The second kappa shape index (κ2) is 6.31. The molecule has 1 aromatic carbocycles. The predicted molar refractivity (Wildman–Crippen MR) is 91.6 cm³/mol. The summed E-state index contributed by atoms with van der Waals surface area (Å²) in [6, 6.07) is 4.74. The van der Waals surface area contributed by atoms with Crippen molar-refractivity contribution < 1.29 is 9.18 Å². The molecule has 3 aromatic rings. The smallest absolute Gasteiger partial charge is 0.224 e. The van der Waals surface area contributed by atoms with Crippen LogP contribution in [0.5, 0.6) is 0 Å². The van der Waals surface area contributed by atoms with Crippen molar-refractivity contribution in [2.24, 2.45) is 0 Å². The molecule has 1 amide bonds. The Balaban J connectivity index is 1.45. The van der Waals surface area contributed by atoms with Crippen molar-refractivity contribution in [3.8, 4) is 0 Å². The van der Waals surface area contributed by atoms with E-state index < -0.39 is 0 Å². The van der Waals surface area contributed by atoms with Crippen molar-refractivity contribution in [2.45, 2.75) is 45.2 Å². The maximum absolute atomic E-state index is 13.6. The number of nitrogens with zero attached hydrogens (tertiary/aromatic N) is 3. The van der Waals surface area contributed by atoms with E-state index in [1.54, 1.807) is 12.4 Å². The average Bonchev–Trinajstić information content (AvgIpc) is 3.09. The van der Waals surface area contributed by atoms with Crippen molar-refractivity contribution in [3.63, 3.8) is 0 Å². The number of nitrogens with one attached hydrogen (secondary N) is 2. The number of halogens is 1. The highest BCUT2D eigenvalue weighted by Crippen LogP contribution is 2.23. The molecule has 130 valence electrons. The summed E-state index contributed by atoms with van der Waals surface area (Å²) in [7, 11) is 0. The molecule has 2 N–H and O–H groups in total. The van der Waals surface area contributed by atoms with Gasteiger partial charge in [-0.2, -0.15) is 0 Å². The maximum atomic E-state index is 13.6. The van der Waals surface area contributed by atoms with E-state index >= 15 is 0 Å². The highest BCUT2D eigenvalue weighted by atomic mass is 19.1. The molecule has 25 heavy (non-hydrogen) atoms. The zero-order valence-corrected chi connectivity index (χ0v) is 14.1. The van der Waals surface area contributed by atoms with Gasteiger partial charge in [0.2, 0.25) is 5.91 Å². The molecule has 2 aromatic heterocycles. The fourth-order valence-corrected chi connectivity index (χ4v) is 3.57. The minimum absolute atomic E-state index is 0.0315. The van der Waals surface area contributed by atoms with Gasteiger partial charge in [-0.3, -0.25) is 4.79 Å². The number of aromatic amines is 1. The van der Waals surface area contributed by atoms with E-state index in [1.807, 2.05) is 11.5 Å². The van der Waals surface area contributed by atoms with Crippen LogP contribution < -0.4 is 5.32 Å². The maximum Gasteiger partial charge on any atom is 0.224 e. The first-order valence-corrected chi connectivity index (χ1v) is 8.53. The Morgan fingerprint density at radius 1 is 1.44 bits per heavy atom. The molecule has 1 aliphatic heterocycles. The Bertz CT molecular complexity index is 906. The average molecular weight is 341 g/mol. The summed E-state index contributed by atoms with van der Waals surface area (Å²) in [4.78, 5) is 15.7. The standard InChI is InChI=1S/C18H20FN5O/c1-11-14(15-8-12(19)2-4-16(15)21-11)9-18(25)22-13-3-5-17-23-20-10-24(17)7-6-13/h2,4,8,10,13,21H,3,5-7,9H2,1H3,(H,22,25). The van der Waals surface area contributed by atoms with Gasteiger partial charge in [-0.15, -0.1) is 10.2 Å². The van der Waals surface area contributed by atoms with Gasteiger partial charge in [-0.25, -0.2) is 4.39 Å². The number of H-pyrrole nitrogens is 1. The number of rotatable bonds is 3. The molecule has 4 rings (SSSR count). The van der Waals surface area contributed by atoms with Gasteiger partial charge in [-0.05, 0) is 43.5 Å². The highest BCUT2D eigenvalue weighted by molar-refractivity contribution is 5.90. The number of carbonyl (C=O) groups is 1. The number of hydrogen-bond acceptors (Lipinski definition) is 3. The van der Waals surface area contributed by atoms with Crippen molar-refractivity contribution in [1.82, 2.24) is 25.1 Å². The number of fused-ring (bicyclic) bond motifs is 2. The second-order valence-corrected chi connectivity index (χ2v) is 6.63. The summed E-state index contributed by atoms with van der Waals surface area (Å²) >= 11 is 0. The van der Waals surface area contributed by atoms with Crippen molar-refractivity contribution in [3.05, 3.63) is 47.4 Å². The summed E-state index contributed by atoms with van der Waals surface area (Å²) in [5, 5.41) is 11.9. The normalized spacial score (nSPS) is 17.3. The first-order valence-electron chi connectivity index (χ1n) is 8.53. The molecule has 3 heterocycles. The minimum atomic E-state index is -0.292. The SMILES string of the molecule is Cc1[nH]c2ccc(F)cc2c1CC(=O)NC1CCc2nncn2CC1. The third-order valence-electron chi connectivity index (χ3n) is 4.91. The first kappa shape index (κ1) is 15.8. The summed E-state index contributed by atoms with van der Waals surface area (Å²) in [5.74, 6) is 0.649. The van der Waals surface area contributed by atoms with Crippen LogP contribution in [0.25, 0.3) is 10.9 Å². The molecule has 0 aliphatic carbocycles. The lowest BCUT2D eigenvalue weighted by Crippen LogP contribution is -2.36. The topological polar surface area (TPSA) is 75.6 Å². The van der Waals surface area contributed by atoms with E-state index in [2.05, 4.69) is 20.5 Å². The van der Waals surface area contributed by atoms with E-state index in [-0.39, 0.29) is 24.2 Å². The van der Waals surface area contributed by atoms with Gasteiger partial charge in [-0.1, -0.05) is 0 Å². The molecule has 1 unspecified atom stereocenters. The monoisotopic (exact) mass is 341 g/mol. The number of aryl methyl sites for hydroxylation is 3. The Morgan fingerprint density at radius 2 is 2.32 bits per heavy atom. The highest BCUT2D eigenvalue weighted by Gasteiger charge is 2.20. The number of benzene rings is 1. The van der Waals surface area contributed by atoms with Gasteiger partial charge in [0.15, 0.2) is 0 Å². The van der Waals surface area contributed by atoms with Crippen LogP contribution >= 0.6 is 0 Å². The Kier molecular flexibility index (Phi) is 3.99. The van der Waals surface area contributed by atoms with E-state index in [0.717, 1.165) is 53.8 Å². The molecule has 1 atom stereocenters. The molecule has 0 spiro atoms. The van der Waals surface area contributed by atoms with Gasteiger partial charge in [0, 0.05) is 35.6 Å². The third-order valence-corrected chi connectivity index (χ3v) is 4.91. The summed E-state index contributed by atoms with van der Waals surface area (Å²) < 4.78 is 15.6. The van der Waals surface area contributed by atoms with Crippen LogP contribution in [-0.2, 0) is 24.2 Å². The molecule has 6 nitrogen and oxygen atoms in total. The quantitative estimate of drug-likeness (QED) is 0.767. The number of aromatic nitrogens is 4. The number of amides is 1. The van der Waals surface area contributed by atoms with Crippen LogP contribution in [0.15, 0.2) is 24.5 Å². The van der Waals surface area contributed by atoms with E-state index in [0.29, 0.717) is 0 Å². The lowest BCUT2D eigenvalue weighted by molar-refractivity contribution is -0.121. The summed E-state index contributed by atoms with van der Waals surface area (Å²) in [6.07, 6.45) is 4.51. The fraction of sp³-hybridized carbons (Fsp3) is 0.389. The third kappa shape index (κ3) is 3.14. The molecule has 0 radical (unpaired) electrons. The van der Waals surface area contributed by atoms with E-state index in [9.17, 15) is 9.18 Å². The van der Waals surface area contributed by atoms with Crippen molar-refractivity contribution in [1.29, 1.82) is 0 Å². The first-order chi connectivity index (χ1) is 12.1. The van der Waals surface area contributed by atoms with Gasteiger partial charge < -0.3 is 14.9 Å². The lowest BCUT2D eigenvalue weighted by atomic mass is 10.1. The van der Waals surface area contributed by atoms with Gasteiger partial charge in [0.1, 0.15) is 18.0 Å². The predicted octanol–water partition coefficient (Wildman–Crippen LogP) is 2.27. The second-order valence-electron chi connectivity index (χ2n) is 6.63. The molecular weight excluding hydrogens is 321 g/mol. The number of hydrogen-bond donors (Lipinski definition) is 2. The van der Waals surface area contributed by atoms with Crippen LogP contribution in [0.2, 0.25) is 0 Å². The molecular formula is C18H20FN5O. The van der Waals surface area contributed by atoms with Gasteiger partial charge >= 0.3 is 0 Å². The fourth-order valence-electron chi connectivity index (χ4n) is 3.57. The summed E-state index contributed by atoms with van der Waals surface area (Å²) in [5.41, 5.74) is 2.62. The minimum Gasteiger partial charge on any atom is -0.358 e. The van der Waals surface area contributed by atoms with Crippen molar-refractivity contribution >= 4 is 16.8 Å². The van der Waals surface area contributed by atoms with Crippen LogP contribution in [0.1, 0.15) is 29.9 Å². The van der Waals surface area contributed by atoms with Gasteiger partial charge in [0.25, 0.3) is 0 Å². The van der Waals surface area contributed by atoms with Crippen molar-refractivity contribution in [2.75, 3.05) is 0 Å². The molecule has 7 heteroatoms. The van der Waals surface area contributed by atoms with E-state index in [4.69, 9.17) is 0 Å². The molecule has 1 aliphatic rings. The largest absolute Gasteiger partial charge is 0.358 e. The summed E-state index contributed by atoms with van der Waals surface area (Å²) in [6.45, 7) is 2.72. The van der Waals surface area contributed by atoms with E-state index in [1.165, 1.54) is 12.1 Å². The molecule has 0 saturated carbocycles. The zero-order valence-electron chi connectivity index (χ0n) is 14.1. The van der Waals surface area contributed by atoms with Crippen LogP contribution in [0.3, 0.4) is 0 Å². The molecule has 0 saturated heterocycles. The number of carbonyl (C=O) groups excluding carboxylic acids is 1. The molecule has 0 bridgehead atoms. The Morgan fingerprint density at radius 3 is 3.20 bits per heavy atom. The Hall–Kier alpha value is -2.70. The van der Waals surface area contributed by atoms with Crippen LogP contribution in [0, 0.1) is 12.7 Å². The van der Waals surface area contributed by atoms with Gasteiger partial charge in [0.05, 0.1) is 6.42 Å².